The van der Waals surface area contributed by atoms with Gasteiger partial charge in [0.25, 0.3) is 10.1 Å². The highest BCUT2D eigenvalue weighted by molar-refractivity contribution is 7.95. The van der Waals surface area contributed by atoms with Gasteiger partial charge in [0.05, 0.1) is 68.5 Å². The molecule has 286 valence electrons. The minimum Gasteiger partial charge on any atom is -0.396 e. The van der Waals surface area contributed by atoms with Crippen molar-refractivity contribution in [3.8, 4) is 0 Å². The first-order chi connectivity index (χ1) is 23.9. The molecule has 52 heavy (non-hydrogen) atoms. The van der Waals surface area contributed by atoms with E-state index in [-0.39, 0.29) is 33.2 Å². The van der Waals surface area contributed by atoms with Crippen LogP contribution in [0.3, 0.4) is 0 Å². The number of azo groups is 2. The van der Waals surface area contributed by atoms with Crippen molar-refractivity contribution in [2.75, 3.05) is 36.2 Å². The summed E-state index contributed by atoms with van der Waals surface area (Å²) >= 11 is 0.205. The Labute approximate surface area is 299 Å². The average molecular weight is 853 g/mol. The number of nitrogens with two attached hydrogens (primary N) is 2. The Kier molecular flexibility index (Phi) is 13.9. The zero-order valence-corrected chi connectivity index (χ0v) is 30.2. The van der Waals surface area contributed by atoms with E-state index < -0.39 is 108 Å². The lowest BCUT2D eigenvalue weighted by molar-refractivity contribution is -0.432. The second-order valence-corrected chi connectivity index (χ2v) is 18.0. The predicted molar refractivity (Wildman–Crippen MR) is 176 cm³/mol. The molecule has 0 fully saturated rings. The molecule has 0 aliphatic heterocycles. The molecule has 8 N–H and O–H groups in total. The maximum atomic E-state index is 12.7. The highest BCUT2D eigenvalue weighted by Gasteiger charge is 2.24. The van der Waals surface area contributed by atoms with Crippen LogP contribution in [0.25, 0.3) is 0 Å². The lowest BCUT2D eigenvalue weighted by Crippen LogP contribution is -2.15. The summed E-state index contributed by atoms with van der Waals surface area (Å²) in [6, 6.07) is 8.11. The summed E-state index contributed by atoms with van der Waals surface area (Å²) in [5.74, 6) is -1.73. The summed E-state index contributed by atoms with van der Waals surface area (Å²) in [6.45, 7) is -1.82. The van der Waals surface area contributed by atoms with Gasteiger partial charge in [0.15, 0.2) is 19.7 Å². The van der Waals surface area contributed by atoms with Crippen LogP contribution in [0.4, 0.5) is 34.1 Å². The number of rotatable bonds is 18. The van der Waals surface area contributed by atoms with Crippen molar-refractivity contribution < 1.29 is 78.7 Å². The van der Waals surface area contributed by atoms with Crippen LogP contribution in [-0.4, -0.2) is 85.7 Å². The van der Waals surface area contributed by atoms with E-state index in [4.69, 9.17) is 25.8 Å². The van der Waals surface area contributed by atoms with Gasteiger partial charge < -0.3 is 11.5 Å². The quantitative estimate of drug-likeness (QED) is 0.0267. The Hall–Kier alpha value is -3.76. The SMILES string of the molecule is Nc1c(N=Nc2ccc(S(=O)(=O)CCOS(=O)(=O)O)cc2)cc(S(=O)(=O)O)c(N)c1N=Nc1ccc(S(=O)(=O)CCOS(=O)(=O)O)cc1SOOO. The number of anilines is 2. The zero-order chi connectivity index (χ0) is 39.1. The molecule has 0 saturated heterocycles. The molecule has 0 radical (unpaired) electrons. The van der Waals surface area contributed by atoms with E-state index in [9.17, 15) is 46.6 Å². The van der Waals surface area contributed by atoms with Crippen molar-refractivity contribution in [2.45, 2.75) is 19.6 Å². The molecule has 0 aliphatic carbocycles. The summed E-state index contributed by atoms with van der Waals surface area (Å²) in [4.78, 5) is -1.92. The highest BCUT2D eigenvalue weighted by atomic mass is 32.3. The van der Waals surface area contributed by atoms with Gasteiger partial charge >= 0.3 is 20.8 Å². The van der Waals surface area contributed by atoms with Gasteiger partial charge in [-0.05, 0) is 48.5 Å². The second-order valence-electron chi connectivity index (χ2n) is 9.43. The van der Waals surface area contributed by atoms with E-state index in [1.165, 1.54) is 0 Å². The van der Waals surface area contributed by atoms with E-state index >= 15 is 0 Å². The molecule has 0 bridgehead atoms. The van der Waals surface area contributed by atoms with Crippen LogP contribution in [0.15, 0.2) is 88.6 Å². The van der Waals surface area contributed by atoms with Crippen molar-refractivity contribution in [1.29, 1.82) is 0 Å². The Morgan fingerprint density at radius 3 is 1.67 bits per heavy atom. The molecular weight excluding hydrogens is 829 g/mol. The fourth-order valence-corrected chi connectivity index (χ4v) is 7.81. The van der Waals surface area contributed by atoms with Crippen molar-refractivity contribution >= 4 is 96.8 Å². The van der Waals surface area contributed by atoms with E-state index in [1.807, 2.05) is 0 Å². The first-order valence-corrected chi connectivity index (χ1v) is 21.3. The fourth-order valence-electron chi connectivity index (χ4n) is 3.63. The van der Waals surface area contributed by atoms with Gasteiger partial charge in [0.1, 0.15) is 22.0 Å². The largest absolute Gasteiger partial charge is 0.397 e. The van der Waals surface area contributed by atoms with E-state index in [2.05, 4.69) is 38.2 Å². The third kappa shape index (κ3) is 12.4. The number of hydrogen-bond donors (Lipinski definition) is 6. The summed E-state index contributed by atoms with van der Waals surface area (Å²) in [5.41, 5.74) is 9.53. The molecule has 30 heteroatoms. The first-order valence-electron chi connectivity index (χ1n) is 13.0. The molecule has 0 aliphatic rings. The second kappa shape index (κ2) is 16.9. The zero-order valence-electron chi connectivity index (χ0n) is 25.3. The van der Waals surface area contributed by atoms with Gasteiger partial charge in [0, 0.05) is 0 Å². The minimum atomic E-state index is -5.07. The van der Waals surface area contributed by atoms with Crippen molar-refractivity contribution in [1.82, 2.24) is 0 Å². The molecule has 3 rings (SSSR count). The number of nitrogens with zero attached hydrogens (tertiary/aromatic N) is 4. The highest BCUT2D eigenvalue weighted by Crippen LogP contribution is 2.44. The normalized spacial score (nSPS) is 13.3. The summed E-state index contributed by atoms with van der Waals surface area (Å²) in [7, 11) is -23.2. The Bertz CT molecular complexity index is 2420. The topological polar surface area (TPSA) is 390 Å². The van der Waals surface area contributed by atoms with Crippen LogP contribution in [0.2, 0.25) is 0 Å². The van der Waals surface area contributed by atoms with Gasteiger partial charge in [-0.15, -0.1) is 19.7 Å². The van der Waals surface area contributed by atoms with E-state index in [1.54, 1.807) is 0 Å². The lowest BCUT2D eigenvalue weighted by atomic mass is 10.2. The van der Waals surface area contributed by atoms with Gasteiger partial charge in [0.2, 0.25) is 0 Å². The number of hydrogen-bond acceptors (Lipinski definition) is 22. The van der Waals surface area contributed by atoms with Crippen molar-refractivity contribution in [3.63, 3.8) is 0 Å². The summed E-state index contributed by atoms with van der Waals surface area (Å²) in [5, 5.41) is 27.4. The lowest BCUT2D eigenvalue weighted by Gasteiger charge is -2.11. The molecule has 0 atom stereocenters. The van der Waals surface area contributed by atoms with Crippen LogP contribution in [0, 0.1) is 0 Å². The van der Waals surface area contributed by atoms with Gasteiger partial charge in [-0.2, -0.15) is 30.4 Å². The molecule has 0 heterocycles. The molecule has 0 saturated carbocycles. The number of sulfone groups is 2. The van der Waals surface area contributed by atoms with Gasteiger partial charge in [-0.1, -0.05) is 5.04 Å². The molecule has 0 aromatic heterocycles. The predicted octanol–water partition coefficient (Wildman–Crippen LogP) is 2.54. The number of nitrogen functional groups attached to an aromatic ring is 2. The van der Waals surface area contributed by atoms with Crippen LogP contribution < -0.4 is 11.5 Å². The molecular formula is C22H24N6O18S6. The summed E-state index contributed by atoms with van der Waals surface area (Å²) in [6.07, 6.45) is 0. The molecule has 24 nitrogen and oxygen atoms in total. The molecule has 3 aromatic carbocycles. The van der Waals surface area contributed by atoms with Gasteiger partial charge in [-0.25, -0.2) is 30.5 Å². The first kappa shape index (κ1) is 42.7. The van der Waals surface area contributed by atoms with Crippen LogP contribution in [0.1, 0.15) is 0 Å². The van der Waals surface area contributed by atoms with Crippen molar-refractivity contribution in [2.24, 2.45) is 20.5 Å². The van der Waals surface area contributed by atoms with Crippen LogP contribution in [0.5, 0.6) is 0 Å². The summed E-state index contributed by atoms with van der Waals surface area (Å²) < 4.78 is 157. The molecule has 0 spiro atoms. The average Bonchev–Trinajstić information content (AvgIpc) is 3.01. The smallest absolute Gasteiger partial charge is 0.396 e. The van der Waals surface area contributed by atoms with E-state index in [0.29, 0.717) is 0 Å². The van der Waals surface area contributed by atoms with Crippen molar-refractivity contribution in [3.05, 3.63) is 48.5 Å². The Balaban J connectivity index is 1.99. The molecule has 0 amide bonds. The number of benzene rings is 3. The fraction of sp³-hybridized carbons (Fsp3) is 0.182. The van der Waals surface area contributed by atoms with Crippen LogP contribution in [-0.2, 0) is 68.3 Å². The Morgan fingerprint density at radius 2 is 1.15 bits per heavy atom. The maximum Gasteiger partial charge on any atom is 0.397 e. The van der Waals surface area contributed by atoms with E-state index in [0.717, 1.165) is 48.5 Å². The maximum absolute atomic E-state index is 12.7. The third-order valence-electron chi connectivity index (χ3n) is 5.94. The third-order valence-corrected chi connectivity index (χ3v) is 11.8. The minimum absolute atomic E-state index is 0.0201. The standard InChI is InChI=1S/C22H24N6O18S6/c23-20-17(27-25-13-1-3-14(4-2-13)48(30,31)9-7-43-51(37,38)39)12-19(50(34,35)36)21(24)22(20)28-26-16-6-5-15(11-18(16)47-46-45-29)49(32,33)10-8-44-52(40,41)42/h1-6,11-12,29H,7-10,23-24H2,(H,34,35,36)(H,37,38,39)(H,40,41,42). The van der Waals surface area contributed by atoms with Crippen LogP contribution >= 0.6 is 12.0 Å². The molecule has 3 aromatic rings. The monoisotopic (exact) mass is 852 g/mol. The van der Waals surface area contributed by atoms with Gasteiger partial charge in [-0.3, -0.25) is 13.7 Å². The molecule has 0 unspecified atom stereocenters. The Morgan fingerprint density at radius 1 is 0.635 bits per heavy atom.